The smallest absolute Gasteiger partial charge is 0.255 e. The Morgan fingerprint density at radius 1 is 1.20 bits per heavy atom. The minimum absolute atomic E-state index is 0.154. The van der Waals surface area contributed by atoms with E-state index < -0.39 is 0 Å². The molecule has 2 fully saturated rings. The lowest BCUT2D eigenvalue weighted by atomic mass is 9.98. The lowest BCUT2D eigenvalue weighted by Gasteiger charge is -2.37. The summed E-state index contributed by atoms with van der Waals surface area (Å²) in [6, 6.07) is 8.55. The third kappa shape index (κ3) is 1.79. The van der Waals surface area contributed by atoms with E-state index in [4.69, 9.17) is 0 Å². The third-order valence-electron chi connectivity index (χ3n) is 4.65. The van der Waals surface area contributed by atoms with Gasteiger partial charge in [0.15, 0.2) is 0 Å². The van der Waals surface area contributed by atoms with Crippen LogP contribution in [0.1, 0.15) is 36.0 Å². The molecule has 1 aromatic heterocycles. The Kier molecular flexibility index (Phi) is 2.82. The summed E-state index contributed by atoms with van der Waals surface area (Å²) >= 11 is 1.63. The van der Waals surface area contributed by atoms with Crippen molar-refractivity contribution in [2.24, 2.45) is 0 Å². The highest BCUT2D eigenvalue weighted by molar-refractivity contribution is 7.17. The molecule has 2 unspecified atom stereocenters. The summed E-state index contributed by atoms with van der Waals surface area (Å²) in [5.74, 6) is 0.154. The number of rotatable bonds is 1. The Bertz CT molecular complexity index is 651. The average Bonchev–Trinajstić information content (AvgIpc) is 2.98. The number of aliphatic hydroxyl groups is 1. The fourth-order valence-electron chi connectivity index (χ4n) is 3.76. The highest BCUT2D eigenvalue weighted by atomic mass is 32.1. The van der Waals surface area contributed by atoms with Crippen LogP contribution in [0.3, 0.4) is 0 Å². The van der Waals surface area contributed by atoms with E-state index in [0.29, 0.717) is 0 Å². The van der Waals surface area contributed by atoms with Crippen molar-refractivity contribution in [3.63, 3.8) is 0 Å². The Labute approximate surface area is 121 Å². The Morgan fingerprint density at radius 2 is 1.90 bits per heavy atom. The molecule has 0 saturated carbocycles. The maximum absolute atomic E-state index is 12.9. The van der Waals surface area contributed by atoms with Gasteiger partial charge in [0.2, 0.25) is 0 Å². The van der Waals surface area contributed by atoms with Crippen LogP contribution in [0.5, 0.6) is 0 Å². The van der Waals surface area contributed by atoms with E-state index in [1.54, 1.807) is 11.3 Å². The molecule has 3 nitrogen and oxygen atoms in total. The molecule has 20 heavy (non-hydrogen) atoms. The van der Waals surface area contributed by atoms with Crippen molar-refractivity contribution >= 4 is 27.3 Å². The van der Waals surface area contributed by atoms with Crippen LogP contribution in [0.4, 0.5) is 0 Å². The van der Waals surface area contributed by atoms with Crippen molar-refractivity contribution in [3.05, 3.63) is 35.2 Å². The zero-order valence-corrected chi connectivity index (χ0v) is 12.0. The molecule has 1 N–H and O–H groups in total. The number of nitrogens with zero attached hydrogens (tertiary/aromatic N) is 1. The fourth-order valence-corrected chi connectivity index (χ4v) is 4.70. The Hall–Kier alpha value is -1.39. The molecule has 1 amide bonds. The summed E-state index contributed by atoms with van der Waals surface area (Å²) in [4.78, 5) is 14.9. The number of benzene rings is 1. The SMILES string of the molecule is O=C(c1csc2ccccc12)N1C2CCC1CC(O)C2. The van der Waals surface area contributed by atoms with Crippen molar-refractivity contribution < 1.29 is 9.90 Å². The number of carbonyl (C=O) groups is 1. The van der Waals surface area contributed by atoms with Crippen molar-refractivity contribution in [2.75, 3.05) is 0 Å². The van der Waals surface area contributed by atoms with Crippen molar-refractivity contribution in [1.82, 2.24) is 4.90 Å². The van der Waals surface area contributed by atoms with E-state index in [1.165, 1.54) is 4.70 Å². The summed E-state index contributed by atoms with van der Waals surface area (Å²) in [6.07, 6.45) is 3.33. The lowest BCUT2D eigenvalue weighted by molar-refractivity contribution is 0.0288. The molecule has 3 heterocycles. The monoisotopic (exact) mass is 287 g/mol. The molecule has 2 saturated heterocycles. The van der Waals surface area contributed by atoms with Crippen LogP contribution < -0.4 is 0 Å². The van der Waals surface area contributed by atoms with E-state index >= 15 is 0 Å². The van der Waals surface area contributed by atoms with Crippen LogP contribution in [-0.4, -0.2) is 34.1 Å². The van der Waals surface area contributed by atoms with Gasteiger partial charge in [-0.15, -0.1) is 11.3 Å². The lowest BCUT2D eigenvalue weighted by Crippen LogP contribution is -2.47. The van der Waals surface area contributed by atoms with Crippen molar-refractivity contribution in [3.8, 4) is 0 Å². The minimum Gasteiger partial charge on any atom is -0.393 e. The van der Waals surface area contributed by atoms with Crippen LogP contribution in [0.25, 0.3) is 10.1 Å². The molecule has 0 radical (unpaired) electrons. The summed E-state index contributed by atoms with van der Waals surface area (Å²) in [7, 11) is 0. The minimum atomic E-state index is -0.226. The van der Waals surface area contributed by atoms with Crippen molar-refractivity contribution in [2.45, 2.75) is 43.9 Å². The van der Waals surface area contributed by atoms with Gasteiger partial charge in [-0.1, -0.05) is 18.2 Å². The molecule has 2 bridgehead atoms. The predicted molar refractivity (Wildman–Crippen MR) is 80.0 cm³/mol. The maximum atomic E-state index is 12.9. The number of piperidine rings is 1. The molecule has 2 atom stereocenters. The number of aliphatic hydroxyl groups excluding tert-OH is 1. The first-order chi connectivity index (χ1) is 9.74. The molecule has 104 valence electrons. The second kappa shape index (κ2) is 4.57. The second-order valence-corrected chi connectivity index (χ2v) is 6.78. The quantitative estimate of drug-likeness (QED) is 0.876. The molecular formula is C16H17NO2S. The molecule has 0 spiro atoms. The maximum Gasteiger partial charge on any atom is 0.255 e. The molecule has 4 rings (SSSR count). The van der Waals surface area contributed by atoms with Crippen LogP contribution in [0, 0.1) is 0 Å². The number of carbonyl (C=O) groups excluding carboxylic acids is 1. The number of amides is 1. The standard InChI is InChI=1S/C16H17NO2S/c18-12-7-10-5-6-11(8-12)17(10)16(19)14-9-20-15-4-2-1-3-13(14)15/h1-4,9-12,18H,5-8H2. The second-order valence-electron chi connectivity index (χ2n) is 5.87. The molecule has 4 heteroatoms. The largest absolute Gasteiger partial charge is 0.393 e. The van der Waals surface area contributed by atoms with E-state index in [9.17, 15) is 9.90 Å². The van der Waals surface area contributed by atoms with Crippen LogP contribution >= 0.6 is 11.3 Å². The van der Waals surface area contributed by atoms with Gasteiger partial charge in [0, 0.05) is 27.5 Å². The summed E-state index contributed by atoms with van der Waals surface area (Å²) in [6.45, 7) is 0. The van der Waals surface area contributed by atoms with Gasteiger partial charge in [0.1, 0.15) is 0 Å². The van der Waals surface area contributed by atoms with E-state index in [0.717, 1.165) is 36.6 Å². The summed E-state index contributed by atoms with van der Waals surface area (Å²) < 4.78 is 1.17. The van der Waals surface area contributed by atoms with Crippen LogP contribution in [0.2, 0.25) is 0 Å². The van der Waals surface area contributed by atoms with E-state index in [2.05, 4.69) is 6.07 Å². The number of hydrogen-bond donors (Lipinski definition) is 1. The van der Waals surface area contributed by atoms with E-state index in [1.807, 2.05) is 28.5 Å². The molecule has 0 aliphatic carbocycles. The number of fused-ring (bicyclic) bond motifs is 3. The third-order valence-corrected chi connectivity index (χ3v) is 5.62. The van der Waals surface area contributed by atoms with Gasteiger partial charge < -0.3 is 10.0 Å². The average molecular weight is 287 g/mol. The number of thiophene rings is 1. The van der Waals surface area contributed by atoms with Crippen LogP contribution in [0.15, 0.2) is 29.6 Å². The molecule has 2 aliphatic rings. The van der Waals surface area contributed by atoms with Gasteiger partial charge in [0.25, 0.3) is 5.91 Å². The molecule has 2 aliphatic heterocycles. The first-order valence-electron chi connectivity index (χ1n) is 7.21. The highest BCUT2D eigenvalue weighted by Crippen LogP contribution is 2.38. The zero-order chi connectivity index (χ0) is 13.7. The molecular weight excluding hydrogens is 270 g/mol. The topological polar surface area (TPSA) is 40.5 Å². The normalized spacial score (nSPS) is 29.1. The van der Waals surface area contributed by atoms with E-state index in [-0.39, 0.29) is 24.1 Å². The van der Waals surface area contributed by atoms with Gasteiger partial charge in [-0.3, -0.25) is 4.79 Å². The first kappa shape index (κ1) is 12.4. The van der Waals surface area contributed by atoms with Gasteiger partial charge in [-0.2, -0.15) is 0 Å². The molecule has 1 aromatic carbocycles. The van der Waals surface area contributed by atoms with Gasteiger partial charge >= 0.3 is 0 Å². The zero-order valence-electron chi connectivity index (χ0n) is 11.2. The van der Waals surface area contributed by atoms with Gasteiger partial charge in [-0.25, -0.2) is 0 Å². The molecule has 2 aromatic rings. The number of hydrogen-bond acceptors (Lipinski definition) is 3. The summed E-state index contributed by atoms with van der Waals surface area (Å²) in [5.41, 5.74) is 0.832. The predicted octanol–water partition coefficient (Wildman–Crippen LogP) is 3.03. The van der Waals surface area contributed by atoms with Crippen molar-refractivity contribution in [1.29, 1.82) is 0 Å². The van der Waals surface area contributed by atoms with Crippen LogP contribution in [-0.2, 0) is 0 Å². The van der Waals surface area contributed by atoms with Gasteiger partial charge in [0.05, 0.1) is 11.7 Å². The highest BCUT2D eigenvalue weighted by Gasteiger charge is 2.43. The summed E-state index contributed by atoms with van der Waals surface area (Å²) in [5, 5.41) is 12.9. The first-order valence-corrected chi connectivity index (χ1v) is 8.09. The fraction of sp³-hybridized carbons (Fsp3) is 0.438. The Balaban J connectivity index is 1.71. The van der Waals surface area contributed by atoms with Gasteiger partial charge in [-0.05, 0) is 31.7 Å². The Morgan fingerprint density at radius 3 is 2.65 bits per heavy atom.